The molecular formula is C23H24FN5O. The van der Waals surface area contributed by atoms with E-state index < -0.39 is 0 Å². The molecule has 0 radical (unpaired) electrons. The van der Waals surface area contributed by atoms with Crippen molar-refractivity contribution in [3.8, 4) is 0 Å². The molecule has 0 unspecified atom stereocenters. The van der Waals surface area contributed by atoms with Crippen molar-refractivity contribution in [2.45, 2.75) is 19.5 Å². The second kappa shape index (κ2) is 8.38. The second-order valence-corrected chi connectivity index (χ2v) is 7.82. The summed E-state index contributed by atoms with van der Waals surface area (Å²) in [5.41, 5.74) is 3.29. The third-order valence-corrected chi connectivity index (χ3v) is 5.65. The van der Waals surface area contributed by atoms with Gasteiger partial charge in [-0.3, -0.25) is 9.80 Å². The van der Waals surface area contributed by atoms with Gasteiger partial charge < -0.3 is 9.51 Å². The second-order valence-electron chi connectivity index (χ2n) is 7.82. The standard InChI is InChI=1S/C23H24FN5O/c24-19-5-3-4-17(12-19)15-28-8-10-29(11-9-28)16-22-26-23(30-27-22)13-18-14-25-21-7-2-1-6-20(18)21/h1-7,12,14,25H,8-11,13,15-16H2. The minimum atomic E-state index is -0.174. The maximum Gasteiger partial charge on any atom is 0.231 e. The normalized spacial score (nSPS) is 15.8. The largest absolute Gasteiger partial charge is 0.361 e. The number of H-pyrrole nitrogens is 1. The van der Waals surface area contributed by atoms with Gasteiger partial charge in [-0.1, -0.05) is 35.5 Å². The Morgan fingerprint density at radius 2 is 1.77 bits per heavy atom. The fraction of sp³-hybridized carbons (Fsp3) is 0.304. The Labute approximate surface area is 174 Å². The van der Waals surface area contributed by atoms with Crippen LogP contribution in [0.3, 0.4) is 0 Å². The number of halogens is 1. The van der Waals surface area contributed by atoms with Crippen LogP contribution in [0.15, 0.2) is 59.3 Å². The topological polar surface area (TPSA) is 61.2 Å². The van der Waals surface area contributed by atoms with Gasteiger partial charge in [0.15, 0.2) is 5.82 Å². The van der Waals surface area contributed by atoms with Crippen LogP contribution in [0, 0.1) is 5.82 Å². The predicted molar refractivity (Wildman–Crippen MR) is 112 cm³/mol. The van der Waals surface area contributed by atoms with Gasteiger partial charge >= 0.3 is 0 Å². The molecule has 30 heavy (non-hydrogen) atoms. The Bertz CT molecular complexity index is 1130. The van der Waals surface area contributed by atoms with Crippen LogP contribution < -0.4 is 0 Å². The van der Waals surface area contributed by atoms with E-state index in [1.54, 1.807) is 12.1 Å². The molecule has 3 heterocycles. The predicted octanol–water partition coefficient (Wildman–Crippen LogP) is 3.60. The zero-order chi connectivity index (χ0) is 20.3. The maximum absolute atomic E-state index is 13.4. The summed E-state index contributed by atoms with van der Waals surface area (Å²) in [6.45, 7) is 5.21. The molecule has 1 fully saturated rings. The summed E-state index contributed by atoms with van der Waals surface area (Å²) < 4.78 is 18.9. The quantitative estimate of drug-likeness (QED) is 0.531. The van der Waals surface area contributed by atoms with Crippen molar-refractivity contribution in [2.75, 3.05) is 26.2 Å². The Hall–Kier alpha value is -3.03. The first-order chi connectivity index (χ1) is 14.7. The first kappa shape index (κ1) is 19.0. The smallest absolute Gasteiger partial charge is 0.231 e. The Morgan fingerprint density at radius 1 is 0.967 bits per heavy atom. The van der Waals surface area contributed by atoms with Gasteiger partial charge in [0.2, 0.25) is 5.89 Å². The molecule has 1 aliphatic rings. The summed E-state index contributed by atoms with van der Waals surface area (Å²) in [6.07, 6.45) is 2.63. The lowest BCUT2D eigenvalue weighted by atomic mass is 10.1. The molecule has 1 saturated heterocycles. The van der Waals surface area contributed by atoms with Crippen LogP contribution in [-0.2, 0) is 19.5 Å². The summed E-state index contributed by atoms with van der Waals surface area (Å²) in [4.78, 5) is 12.6. The van der Waals surface area contributed by atoms with E-state index in [1.165, 1.54) is 11.5 Å². The molecule has 0 spiro atoms. The number of piperazine rings is 1. The molecule has 2 aromatic carbocycles. The Balaban J connectivity index is 1.14. The molecule has 0 aliphatic carbocycles. The van der Waals surface area contributed by atoms with Gasteiger partial charge in [0.25, 0.3) is 0 Å². The molecule has 0 bridgehead atoms. The number of aromatic nitrogens is 3. The van der Waals surface area contributed by atoms with Gasteiger partial charge in [0.1, 0.15) is 5.82 Å². The number of hydrogen-bond donors (Lipinski definition) is 1. The Morgan fingerprint density at radius 3 is 2.60 bits per heavy atom. The van der Waals surface area contributed by atoms with Gasteiger partial charge in [-0.25, -0.2) is 4.39 Å². The zero-order valence-electron chi connectivity index (χ0n) is 16.7. The van der Waals surface area contributed by atoms with E-state index in [0.29, 0.717) is 18.9 Å². The summed E-state index contributed by atoms with van der Waals surface area (Å²) >= 11 is 0. The number of nitrogens with zero attached hydrogens (tertiary/aromatic N) is 4. The van der Waals surface area contributed by atoms with E-state index in [0.717, 1.165) is 55.2 Å². The van der Waals surface area contributed by atoms with E-state index in [1.807, 2.05) is 24.4 Å². The van der Waals surface area contributed by atoms with Crippen LogP contribution >= 0.6 is 0 Å². The fourth-order valence-corrected chi connectivity index (χ4v) is 4.07. The molecule has 6 nitrogen and oxygen atoms in total. The van der Waals surface area contributed by atoms with E-state index in [2.05, 4.69) is 37.1 Å². The minimum absolute atomic E-state index is 0.174. The number of rotatable bonds is 6. The van der Waals surface area contributed by atoms with E-state index in [-0.39, 0.29) is 5.82 Å². The first-order valence-electron chi connectivity index (χ1n) is 10.3. The minimum Gasteiger partial charge on any atom is -0.361 e. The van der Waals surface area contributed by atoms with Crippen LogP contribution in [0.25, 0.3) is 10.9 Å². The molecule has 0 saturated carbocycles. The van der Waals surface area contributed by atoms with Crippen molar-refractivity contribution in [1.29, 1.82) is 0 Å². The van der Waals surface area contributed by atoms with Gasteiger partial charge in [-0.2, -0.15) is 4.98 Å². The van der Waals surface area contributed by atoms with Crippen LogP contribution in [-0.4, -0.2) is 51.1 Å². The molecule has 2 aromatic heterocycles. The molecule has 1 N–H and O–H groups in total. The van der Waals surface area contributed by atoms with Crippen molar-refractivity contribution in [3.05, 3.63) is 83.4 Å². The molecule has 4 aromatic rings. The molecule has 1 aliphatic heterocycles. The molecule has 7 heteroatoms. The third-order valence-electron chi connectivity index (χ3n) is 5.65. The summed E-state index contributed by atoms with van der Waals surface area (Å²) in [5.74, 6) is 1.19. The highest BCUT2D eigenvalue weighted by Crippen LogP contribution is 2.20. The van der Waals surface area contributed by atoms with Crippen molar-refractivity contribution in [1.82, 2.24) is 24.9 Å². The number of benzene rings is 2. The lowest BCUT2D eigenvalue weighted by Gasteiger charge is -2.34. The summed E-state index contributed by atoms with van der Waals surface area (Å²) in [7, 11) is 0. The number of para-hydroxylation sites is 1. The summed E-state index contributed by atoms with van der Waals surface area (Å²) in [6, 6.07) is 15.1. The number of fused-ring (bicyclic) bond motifs is 1. The van der Waals surface area contributed by atoms with Crippen molar-refractivity contribution < 1.29 is 8.91 Å². The van der Waals surface area contributed by atoms with Crippen LogP contribution in [0.1, 0.15) is 22.8 Å². The van der Waals surface area contributed by atoms with E-state index >= 15 is 0 Å². The summed E-state index contributed by atoms with van der Waals surface area (Å²) in [5, 5.41) is 5.36. The molecule has 0 amide bonds. The van der Waals surface area contributed by atoms with Crippen molar-refractivity contribution in [2.24, 2.45) is 0 Å². The fourth-order valence-electron chi connectivity index (χ4n) is 4.07. The van der Waals surface area contributed by atoms with Crippen LogP contribution in [0.2, 0.25) is 0 Å². The highest BCUT2D eigenvalue weighted by molar-refractivity contribution is 5.83. The molecule has 0 atom stereocenters. The number of hydrogen-bond acceptors (Lipinski definition) is 5. The van der Waals surface area contributed by atoms with E-state index in [9.17, 15) is 4.39 Å². The Kier molecular flexibility index (Phi) is 5.29. The SMILES string of the molecule is Fc1cccc(CN2CCN(Cc3noc(Cc4c[nH]c5ccccc45)n3)CC2)c1. The van der Waals surface area contributed by atoms with E-state index in [4.69, 9.17) is 4.52 Å². The monoisotopic (exact) mass is 405 g/mol. The van der Waals surface area contributed by atoms with Crippen molar-refractivity contribution >= 4 is 10.9 Å². The van der Waals surface area contributed by atoms with Gasteiger partial charge in [-0.05, 0) is 29.3 Å². The lowest BCUT2D eigenvalue weighted by Crippen LogP contribution is -2.45. The van der Waals surface area contributed by atoms with Crippen LogP contribution in [0.4, 0.5) is 4.39 Å². The maximum atomic E-state index is 13.4. The third kappa shape index (κ3) is 4.27. The lowest BCUT2D eigenvalue weighted by molar-refractivity contribution is 0.119. The van der Waals surface area contributed by atoms with Gasteiger partial charge in [0.05, 0.1) is 13.0 Å². The average Bonchev–Trinajstić information content (AvgIpc) is 3.37. The average molecular weight is 405 g/mol. The number of aromatic amines is 1. The molecular weight excluding hydrogens is 381 g/mol. The highest BCUT2D eigenvalue weighted by Gasteiger charge is 2.19. The van der Waals surface area contributed by atoms with Crippen molar-refractivity contribution in [3.63, 3.8) is 0 Å². The van der Waals surface area contributed by atoms with Gasteiger partial charge in [-0.15, -0.1) is 0 Å². The number of nitrogens with one attached hydrogen (secondary N) is 1. The van der Waals surface area contributed by atoms with Gasteiger partial charge in [0, 0.05) is 49.8 Å². The molecule has 154 valence electrons. The highest BCUT2D eigenvalue weighted by atomic mass is 19.1. The zero-order valence-corrected chi connectivity index (χ0v) is 16.7. The first-order valence-corrected chi connectivity index (χ1v) is 10.3. The van der Waals surface area contributed by atoms with Crippen LogP contribution in [0.5, 0.6) is 0 Å². The molecule has 5 rings (SSSR count).